The van der Waals surface area contributed by atoms with Gasteiger partial charge >= 0.3 is 0 Å². The van der Waals surface area contributed by atoms with Crippen LogP contribution in [0.15, 0.2) is 58.5 Å². The van der Waals surface area contributed by atoms with Gasteiger partial charge in [0.2, 0.25) is 4.34 Å². The van der Waals surface area contributed by atoms with Gasteiger partial charge in [0.05, 0.1) is 17.4 Å². The second-order valence-electron chi connectivity index (χ2n) is 9.37. The number of aryl methyl sites for hydroxylation is 1. The van der Waals surface area contributed by atoms with Gasteiger partial charge in [-0.05, 0) is 60.4 Å². The monoisotopic (exact) mass is 513 g/mol. The highest BCUT2D eigenvalue weighted by Crippen LogP contribution is 2.34. The van der Waals surface area contributed by atoms with Crippen LogP contribution in [0.25, 0.3) is 16.6 Å². The minimum absolute atomic E-state index is 0.0838. The molecule has 0 saturated carbocycles. The highest BCUT2D eigenvalue weighted by Gasteiger charge is 2.37. The Hall–Kier alpha value is -2.66. The Morgan fingerprint density at radius 1 is 1.17 bits per heavy atom. The molecule has 0 radical (unpaired) electrons. The summed E-state index contributed by atoms with van der Waals surface area (Å²) in [5.41, 5.74) is 3.87. The summed E-state index contributed by atoms with van der Waals surface area (Å²) in [7, 11) is -3.64. The number of nitrogens with zero attached hydrogens (tertiary/aromatic N) is 5. The Kier molecular flexibility index (Phi) is 6.47. The maximum Gasteiger partial charge on any atom is 0.270 e. The summed E-state index contributed by atoms with van der Waals surface area (Å²) in [5, 5.41) is 7.19. The molecular formula is C25H28FN5O2S2. The summed E-state index contributed by atoms with van der Waals surface area (Å²) in [6.07, 6.45) is 3.34. The normalized spacial score (nSPS) is 18.0. The maximum absolute atomic E-state index is 13.4. The van der Waals surface area contributed by atoms with Crippen LogP contribution in [-0.4, -0.2) is 58.6 Å². The lowest BCUT2D eigenvalue weighted by Gasteiger charge is -2.42. The van der Waals surface area contributed by atoms with Crippen molar-refractivity contribution in [2.24, 2.45) is 5.92 Å². The van der Waals surface area contributed by atoms with Crippen LogP contribution in [-0.2, 0) is 10.0 Å². The number of hydrogen-bond acceptors (Lipinski definition) is 6. The van der Waals surface area contributed by atoms with Crippen molar-refractivity contribution in [2.75, 3.05) is 26.2 Å². The number of rotatable bonds is 6. The Morgan fingerprint density at radius 3 is 2.63 bits per heavy atom. The van der Waals surface area contributed by atoms with Crippen molar-refractivity contribution in [3.63, 3.8) is 0 Å². The van der Waals surface area contributed by atoms with E-state index >= 15 is 0 Å². The van der Waals surface area contributed by atoms with Crippen molar-refractivity contribution in [2.45, 2.75) is 31.2 Å². The number of sulfonamides is 1. The van der Waals surface area contributed by atoms with Crippen LogP contribution < -0.4 is 0 Å². The molecule has 0 aliphatic carbocycles. The molecule has 1 aliphatic heterocycles. The molecule has 0 bridgehead atoms. The smallest absolute Gasteiger partial charge is 0.270 e. The highest BCUT2D eigenvalue weighted by atomic mass is 32.2. The van der Waals surface area contributed by atoms with Crippen LogP contribution in [0.2, 0.25) is 0 Å². The molecule has 5 rings (SSSR count). The fourth-order valence-electron chi connectivity index (χ4n) is 4.79. The molecule has 4 aromatic rings. The van der Waals surface area contributed by atoms with E-state index in [0.717, 1.165) is 45.6 Å². The molecule has 0 N–H and O–H groups in total. The van der Waals surface area contributed by atoms with Gasteiger partial charge in [-0.3, -0.25) is 4.90 Å². The molecule has 184 valence electrons. The Bertz CT molecular complexity index is 1430. The van der Waals surface area contributed by atoms with Gasteiger partial charge in [-0.25, -0.2) is 22.5 Å². The average Bonchev–Trinajstić information content (AvgIpc) is 3.50. The largest absolute Gasteiger partial charge is 0.293 e. The maximum atomic E-state index is 13.4. The van der Waals surface area contributed by atoms with Crippen LogP contribution in [0.3, 0.4) is 0 Å². The molecule has 1 atom stereocenters. The predicted octanol–water partition coefficient (Wildman–Crippen LogP) is 4.63. The summed E-state index contributed by atoms with van der Waals surface area (Å²) in [4.78, 5) is 6.45. The Balaban J connectivity index is 1.53. The zero-order valence-corrected chi connectivity index (χ0v) is 21.6. The van der Waals surface area contributed by atoms with Crippen molar-refractivity contribution >= 4 is 32.3 Å². The molecular weight excluding hydrogens is 485 g/mol. The summed E-state index contributed by atoms with van der Waals surface area (Å²) in [6.45, 7) is 8.75. The van der Waals surface area contributed by atoms with E-state index in [2.05, 4.69) is 47.9 Å². The second kappa shape index (κ2) is 9.42. The Morgan fingerprint density at radius 2 is 1.94 bits per heavy atom. The first kappa shape index (κ1) is 24.1. The first-order valence-corrected chi connectivity index (χ1v) is 13.9. The van der Waals surface area contributed by atoms with E-state index in [-0.39, 0.29) is 16.2 Å². The van der Waals surface area contributed by atoms with Crippen LogP contribution in [0, 0.1) is 18.7 Å². The van der Waals surface area contributed by atoms with E-state index in [0.29, 0.717) is 25.6 Å². The first-order chi connectivity index (χ1) is 16.7. The summed E-state index contributed by atoms with van der Waals surface area (Å²) >= 11 is 1.15. The van der Waals surface area contributed by atoms with Gasteiger partial charge in [-0.1, -0.05) is 13.8 Å². The number of piperazine rings is 1. The molecule has 0 unspecified atom stereocenters. The molecule has 1 fully saturated rings. The average molecular weight is 514 g/mol. The number of benzene rings is 2. The van der Waals surface area contributed by atoms with Gasteiger partial charge in [0.15, 0.2) is 0 Å². The third-order valence-corrected chi connectivity index (χ3v) is 9.45. The molecule has 2 aromatic heterocycles. The molecule has 3 heterocycles. The zero-order valence-electron chi connectivity index (χ0n) is 19.9. The predicted molar refractivity (Wildman–Crippen MR) is 136 cm³/mol. The van der Waals surface area contributed by atoms with Crippen molar-refractivity contribution in [3.05, 3.63) is 71.1 Å². The molecule has 0 amide bonds. The van der Waals surface area contributed by atoms with Gasteiger partial charge in [-0.2, -0.15) is 9.40 Å². The van der Waals surface area contributed by atoms with Crippen molar-refractivity contribution in [3.8, 4) is 5.69 Å². The van der Waals surface area contributed by atoms with Gasteiger partial charge in [0.1, 0.15) is 5.82 Å². The fraction of sp³-hybridized carbons (Fsp3) is 0.360. The van der Waals surface area contributed by atoms with Crippen LogP contribution in [0.5, 0.6) is 0 Å². The van der Waals surface area contributed by atoms with Gasteiger partial charge in [-0.15, -0.1) is 11.3 Å². The molecule has 10 heteroatoms. The minimum Gasteiger partial charge on any atom is -0.293 e. The molecule has 35 heavy (non-hydrogen) atoms. The van der Waals surface area contributed by atoms with Gasteiger partial charge in [0.25, 0.3) is 10.0 Å². The topological polar surface area (TPSA) is 71.3 Å². The summed E-state index contributed by atoms with van der Waals surface area (Å²) in [5.74, 6) is 0.161. The molecule has 2 aromatic carbocycles. The first-order valence-electron chi connectivity index (χ1n) is 11.6. The third-order valence-electron chi connectivity index (χ3n) is 6.41. The number of halogens is 1. The van der Waals surface area contributed by atoms with E-state index < -0.39 is 10.0 Å². The molecule has 0 spiro atoms. The van der Waals surface area contributed by atoms with Crippen molar-refractivity contribution in [1.29, 1.82) is 0 Å². The zero-order chi connectivity index (χ0) is 24.7. The van der Waals surface area contributed by atoms with Crippen LogP contribution >= 0.6 is 11.3 Å². The van der Waals surface area contributed by atoms with E-state index in [1.165, 1.54) is 18.3 Å². The van der Waals surface area contributed by atoms with Crippen molar-refractivity contribution in [1.82, 2.24) is 24.0 Å². The molecule has 1 saturated heterocycles. The highest BCUT2D eigenvalue weighted by molar-refractivity contribution is 7.91. The number of aromatic nitrogens is 3. The lowest BCUT2D eigenvalue weighted by atomic mass is 9.96. The van der Waals surface area contributed by atoms with Crippen LogP contribution in [0.4, 0.5) is 4.39 Å². The van der Waals surface area contributed by atoms with Crippen LogP contribution in [0.1, 0.15) is 31.0 Å². The lowest BCUT2D eigenvalue weighted by Crippen LogP contribution is -2.51. The Labute approximate surface area is 208 Å². The number of hydrogen-bond donors (Lipinski definition) is 0. The summed E-state index contributed by atoms with van der Waals surface area (Å²) < 4.78 is 43.4. The van der Waals surface area contributed by atoms with E-state index in [1.54, 1.807) is 32.7 Å². The van der Waals surface area contributed by atoms with Gasteiger partial charge < -0.3 is 0 Å². The third kappa shape index (κ3) is 4.63. The quantitative estimate of drug-likeness (QED) is 0.376. The summed E-state index contributed by atoms with van der Waals surface area (Å²) in [6, 6.07) is 10.4. The van der Waals surface area contributed by atoms with Crippen molar-refractivity contribution < 1.29 is 12.8 Å². The SMILES string of the molecule is Cc1cc2c(cnn2-c2ccc(F)cc2)cc1[C@@H]1CN(S(=O)(=O)c2nccs2)CCN1CC(C)C. The standard InChI is InChI=1S/C25H28FN5O2S2/c1-17(2)15-29-9-10-30(35(32,33)25-27-8-11-34-25)16-24(29)22-13-19-14-28-31(23(19)12-18(22)3)21-6-4-20(26)5-7-21/h4-8,11-14,17,24H,9-10,15-16H2,1-3H3/t24-/m0/s1. The second-order valence-corrected chi connectivity index (χ2v) is 12.4. The van der Waals surface area contributed by atoms with E-state index in [4.69, 9.17) is 0 Å². The fourth-order valence-corrected chi connectivity index (χ4v) is 7.19. The van der Waals surface area contributed by atoms with Gasteiger partial charge in [0, 0.05) is 49.2 Å². The molecule has 1 aliphatic rings. The van der Waals surface area contributed by atoms with E-state index in [1.807, 2.05) is 0 Å². The molecule has 7 nitrogen and oxygen atoms in total. The van der Waals surface area contributed by atoms with E-state index in [9.17, 15) is 12.8 Å². The number of fused-ring (bicyclic) bond motifs is 1. The number of thiazole rings is 1. The lowest BCUT2D eigenvalue weighted by molar-refractivity contribution is 0.105. The minimum atomic E-state index is -3.64.